The first-order valence-corrected chi connectivity index (χ1v) is 9.04. The van der Waals surface area contributed by atoms with Crippen molar-refractivity contribution in [1.82, 2.24) is 24.6 Å². The number of hydrogen-bond donors (Lipinski definition) is 1. The van der Waals surface area contributed by atoms with Gasteiger partial charge in [0.2, 0.25) is 5.89 Å². The number of aromatic nitrogens is 3. The van der Waals surface area contributed by atoms with Gasteiger partial charge in [0.15, 0.2) is 0 Å². The molecule has 7 nitrogen and oxygen atoms in total. The minimum Gasteiger partial charge on any atom is -0.444 e. The Kier molecular flexibility index (Phi) is 5.88. The maximum absolute atomic E-state index is 10.3. The fraction of sp³-hybridized carbons (Fsp3) is 0.667. The Balaban J connectivity index is 1.44. The van der Waals surface area contributed by atoms with Gasteiger partial charge in [-0.15, -0.1) is 0 Å². The largest absolute Gasteiger partial charge is 0.444 e. The van der Waals surface area contributed by atoms with Crippen LogP contribution in [0.4, 0.5) is 0 Å². The molecule has 1 aliphatic rings. The molecule has 0 aliphatic carbocycles. The summed E-state index contributed by atoms with van der Waals surface area (Å²) < 4.78 is 7.59. The maximum Gasteiger partial charge on any atom is 0.208 e. The number of aliphatic hydroxyl groups excluding tert-OH is 1. The van der Waals surface area contributed by atoms with E-state index in [9.17, 15) is 5.11 Å². The molecule has 0 amide bonds. The van der Waals surface area contributed by atoms with E-state index in [0.29, 0.717) is 25.0 Å². The van der Waals surface area contributed by atoms with E-state index in [1.807, 2.05) is 18.5 Å². The van der Waals surface area contributed by atoms with Crippen LogP contribution in [-0.4, -0.2) is 68.5 Å². The van der Waals surface area contributed by atoms with Crippen LogP contribution < -0.4 is 0 Å². The summed E-state index contributed by atoms with van der Waals surface area (Å²) in [4.78, 5) is 9.01. The highest BCUT2D eigenvalue weighted by molar-refractivity contribution is 4.99. The molecule has 0 saturated carbocycles. The normalized spacial score (nSPS) is 20.0. The summed E-state index contributed by atoms with van der Waals surface area (Å²) in [6.45, 7) is 8.13. The highest BCUT2D eigenvalue weighted by Crippen LogP contribution is 2.19. The zero-order valence-corrected chi connectivity index (χ0v) is 15.4. The molecule has 1 fully saturated rings. The van der Waals surface area contributed by atoms with Crippen molar-refractivity contribution in [1.29, 1.82) is 0 Å². The summed E-state index contributed by atoms with van der Waals surface area (Å²) in [6.07, 6.45) is 6.15. The Morgan fingerprint density at radius 2 is 2.24 bits per heavy atom. The molecule has 0 radical (unpaired) electrons. The molecule has 1 saturated heterocycles. The van der Waals surface area contributed by atoms with Crippen molar-refractivity contribution in [3.05, 3.63) is 36.3 Å². The Bertz CT molecular complexity index is 640. The molecule has 25 heavy (non-hydrogen) atoms. The first kappa shape index (κ1) is 18.1. The number of rotatable bonds is 8. The van der Waals surface area contributed by atoms with Crippen molar-refractivity contribution in [2.24, 2.45) is 0 Å². The van der Waals surface area contributed by atoms with Crippen molar-refractivity contribution in [2.75, 3.05) is 26.7 Å². The molecule has 1 aliphatic heterocycles. The van der Waals surface area contributed by atoms with Gasteiger partial charge in [-0.05, 0) is 26.1 Å². The Morgan fingerprint density at radius 1 is 1.40 bits per heavy atom. The summed E-state index contributed by atoms with van der Waals surface area (Å²) in [5.74, 6) is 2.09. The lowest BCUT2D eigenvalue weighted by molar-refractivity contribution is 0.101. The quantitative estimate of drug-likeness (QED) is 0.781. The first-order chi connectivity index (χ1) is 12.0. The van der Waals surface area contributed by atoms with Gasteiger partial charge in [-0.25, -0.2) is 4.98 Å². The van der Waals surface area contributed by atoms with Crippen LogP contribution in [0.15, 0.2) is 29.1 Å². The minimum atomic E-state index is -0.399. The maximum atomic E-state index is 10.3. The number of nitrogens with zero attached hydrogens (tertiary/aromatic N) is 5. The van der Waals surface area contributed by atoms with Gasteiger partial charge < -0.3 is 9.52 Å². The molecular formula is C18H29N5O2. The van der Waals surface area contributed by atoms with Gasteiger partial charge in [-0.2, -0.15) is 5.10 Å². The van der Waals surface area contributed by atoms with Crippen molar-refractivity contribution >= 4 is 0 Å². The van der Waals surface area contributed by atoms with Crippen LogP contribution in [0.25, 0.3) is 0 Å². The van der Waals surface area contributed by atoms with E-state index in [4.69, 9.17) is 4.42 Å². The second-order valence-corrected chi connectivity index (χ2v) is 7.31. The second kappa shape index (κ2) is 8.12. The molecule has 1 N–H and O–H groups in total. The number of hydrogen-bond acceptors (Lipinski definition) is 6. The van der Waals surface area contributed by atoms with Crippen LogP contribution in [0.1, 0.15) is 37.8 Å². The topological polar surface area (TPSA) is 70.6 Å². The highest BCUT2D eigenvalue weighted by Gasteiger charge is 2.27. The lowest BCUT2D eigenvalue weighted by Gasteiger charge is -2.24. The lowest BCUT2D eigenvalue weighted by Crippen LogP contribution is -2.37. The number of aliphatic hydroxyl groups is 1. The monoisotopic (exact) mass is 347 g/mol. The van der Waals surface area contributed by atoms with Crippen molar-refractivity contribution in [2.45, 2.75) is 51.4 Å². The molecule has 3 heterocycles. The second-order valence-electron chi connectivity index (χ2n) is 7.31. The van der Waals surface area contributed by atoms with Gasteiger partial charge in [0, 0.05) is 37.4 Å². The fourth-order valence-electron chi connectivity index (χ4n) is 3.32. The van der Waals surface area contributed by atoms with E-state index in [2.05, 4.69) is 40.8 Å². The standard InChI is InChI=1S/C18H29N5O2/c1-14(2)17-9-19-18(25-17)13-21(3)15-5-8-22(10-15)11-16(24)12-23-7-4-6-20-23/h4,6-7,9,14-16,24H,5,8,10-13H2,1-3H3/t15-,16+/m0/s1. The fourth-order valence-corrected chi connectivity index (χ4v) is 3.32. The lowest BCUT2D eigenvalue weighted by atomic mass is 10.2. The van der Waals surface area contributed by atoms with E-state index < -0.39 is 6.10 Å². The van der Waals surface area contributed by atoms with Crippen molar-refractivity contribution in [3.63, 3.8) is 0 Å². The third kappa shape index (κ3) is 4.90. The van der Waals surface area contributed by atoms with Gasteiger partial charge >= 0.3 is 0 Å². The van der Waals surface area contributed by atoms with Crippen molar-refractivity contribution < 1.29 is 9.52 Å². The number of oxazole rings is 1. The molecule has 2 aromatic heterocycles. The third-order valence-electron chi connectivity index (χ3n) is 4.82. The Morgan fingerprint density at radius 3 is 2.92 bits per heavy atom. The van der Waals surface area contributed by atoms with E-state index in [1.54, 1.807) is 10.9 Å². The SMILES string of the molecule is CC(C)c1cnc(CN(C)[C@H]2CCN(C[C@@H](O)Cn3cccn3)C2)o1. The van der Waals surface area contributed by atoms with Gasteiger partial charge in [0.05, 0.1) is 25.4 Å². The van der Waals surface area contributed by atoms with Crippen LogP contribution >= 0.6 is 0 Å². The van der Waals surface area contributed by atoms with Gasteiger partial charge in [-0.3, -0.25) is 14.5 Å². The minimum absolute atomic E-state index is 0.366. The summed E-state index contributed by atoms with van der Waals surface area (Å²) in [7, 11) is 2.12. The van der Waals surface area contributed by atoms with Gasteiger partial charge in [0.1, 0.15) is 5.76 Å². The van der Waals surface area contributed by atoms with E-state index in [-0.39, 0.29) is 0 Å². The predicted molar refractivity (Wildman–Crippen MR) is 95.1 cm³/mol. The van der Waals surface area contributed by atoms with Crippen LogP contribution in [0.3, 0.4) is 0 Å². The summed E-state index contributed by atoms with van der Waals surface area (Å²) in [5.41, 5.74) is 0. The third-order valence-corrected chi connectivity index (χ3v) is 4.82. The number of β-amino-alcohol motifs (C(OH)–C–C–N with tert-alkyl or cyclic N) is 1. The molecule has 138 valence electrons. The molecule has 2 aromatic rings. The molecule has 3 rings (SSSR count). The Labute approximate surface area is 149 Å². The van der Waals surface area contributed by atoms with Gasteiger partial charge in [-0.1, -0.05) is 13.8 Å². The van der Waals surface area contributed by atoms with Crippen LogP contribution in [0, 0.1) is 0 Å². The zero-order valence-electron chi connectivity index (χ0n) is 15.4. The molecular weight excluding hydrogens is 318 g/mol. The summed E-state index contributed by atoms with van der Waals surface area (Å²) in [5, 5.41) is 14.4. The van der Waals surface area contributed by atoms with Crippen LogP contribution in [-0.2, 0) is 13.1 Å². The smallest absolute Gasteiger partial charge is 0.208 e. The van der Waals surface area contributed by atoms with Crippen LogP contribution in [0.5, 0.6) is 0 Å². The molecule has 7 heteroatoms. The highest BCUT2D eigenvalue weighted by atomic mass is 16.4. The molecule has 2 atom stereocenters. The summed E-state index contributed by atoms with van der Waals surface area (Å²) in [6, 6.07) is 2.34. The Hall–Kier alpha value is -1.70. The van der Waals surface area contributed by atoms with E-state index >= 15 is 0 Å². The molecule has 0 bridgehead atoms. The number of likely N-dealkylation sites (tertiary alicyclic amines) is 1. The van der Waals surface area contributed by atoms with E-state index in [1.165, 1.54) is 0 Å². The average Bonchev–Trinajstić information content (AvgIpc) is 3.28. The van der Waals surface area contributed by atoms with Crippen LogP contribution in [0.2, 0.25) is 0 Å². The zero-order chi connectivity index (χ0) is 17.8. The molecule has 0 spiro atoms. The molecule has 0 aromatic carbocycles. The first-order valence-electron chi connectivity index (χ1n) is 9.04. The number of likely N-dealkylation sites (N-methyl/N-ethyl adjacent to an activating group) is 1. The summed E-state index contributed by atoms with van der Waals surface area (Å²) >= 11 is 0. The van der Waals surface area contributed by atoms with E-state index in [0.717, 1.165) is 37.7 Å². The van der Waals surface area contributed by atoms with Crippen molar-refractivity contribution in [3.8, 4) is 0 Å². The average molecular weight is 347 g/mol. The van der Waals surface area contributed by atoms with Gasteiger partial charge in [0.25, 0.3) is 0 Å². The molecule has 0 unspecified atom stereocenters. The predicted octanol–water partition coefficient (Wildman–Crippen LogP) is 1.56.